The average molecular weight is 303 g/mol. The topological polar surface area (TPSA) is 42.9 Å². The van der Waals surface area contributed by atoms with Gasteiger partial charge in [-0.1, -0.05) is 53.5 Å². The molecule has 3 nitrogen and oxygen atoms in total. The molecular weight excluding hydrogens is 295 g/mol. The van der Waals surface area contributed by atoms with Gasteiger partial charge >= 0.3 is 0 Å². The van der Waals surface area contributed by atoms with Crippen molar-refractivity contribution in [3.05, 3.63) is 70.0 Å². The Balaban J connectivity index is 2.16. The quantitative estimate of drug-likeness (QED) is 0.527. The zero-order chi connectivity index (χ0) is 14.1. The normalized spacial score (nSPS) is 10.7. The van der Waals surface area contributed by atoms with Gasteiger partial charge in [-0.15, -0.1) is 0 Å². The van der Waals surface area contributed by atoms with Crippen LogP contribution in [0.2, 0.25) is 10.2 Å². The predicted molar refractivity (Wildman–Crippen MR) is 79.4 cm³/mol. The van der Waals surface area contributed by atoms with Gasteiger partial charge in [0.2, 0.25) is 0 Å². The summed E-state index contributed by atoms with van der Waals surface area (Å²) in [6.07, 6.45) is 1.43. The van der Waals surface area contributed by atoms with Gasteiger partial charge in [0.15, 0.2) is 11.4 Å². The zero-order valence-corrected chi connectivity index (χ0v) is 11.7. The molecule has 3 aromatic rings. The number of halogens is 2. The summed E-state index contributed by atoms with van der Waals surface area (Å²) in [6, 6.07) is 12.3. The molecule has 98 valence electrons. The van der Waals surface area contributed by atoms with Gasteiger partial charge in [-0.3, -0.25) is 4.79 Å². The maximum Gasteiger partial charge on any atom is 0.196 e. The first-order valence-electron chi connectivity index (χ1n) is 5.87. The summed E-state index contributed by atoms with van der Waals surface area (Å²) in [5, 5.41) is 1.29. The van der Waals surface area contributed by atoms with E-state index in [1.807, 2.05) is 6.07 Å². The van der Waals surface area contributed by atoms with Crippen LogP contribution in [0.25, 0.3) is 11.0 Å². The van der Waals surface area contributed by atoms with Gasteiger partial charge in [-0.2, -0.15) is 0 Å². The number of hydrogen-bond donors (Lipinski definition) is 0. The summed E-state index contributed by atoms with van der Waals surface area (Å²) in [5.74, 6) is -0.167. The van der Waals surface area contributed by atoms with Crippen molar-refractivity contribution in [2.75, 3.05) is 0 Å². The number of fused-ring (bicyclic) bond motifs is 1. The molecular formula is C15H8Cl2N2O. The van der Waals surface area contributed by atoms with Crippen LogP contribution < -0.4 is 0 Å². The minimum Gasteiger partial charge on any atom is -0.288 e. The van der Waals surface area contributed by atoms with Crippen molar-refractivity contribution in [2.24, 2.45) is 0 Å². The third kappa shape index (κ3) is 2.26. The predicted octanol–water partition coefficient (Wildman–Crippen LogP) is 4.17. The van der Waals surface area contributed by atoms with Gasteiger partial charge in [0.25, 0.3) is 0 Å². The van der Waals surface area contributed by atoms with E-state index in [2.05, 4.69) is 9.97 Å². The number of ketones is 1. The van der Waals surface area contributed by atoms with Crippen LogP contribution in [-0.2, 0) is 0 Å². The van der Waals surface area contributed by atoms with Crippen molar-refractivity contribution in [3.8, 4) is 0 Å². The summed E-state index contributed by atoms with van der Waals surface area (Å²) in [5.41, 5.74) is 1.35. The van der Waals surface area contributed by atoms with Crippen LogP contribution in [0.5, 0.6) is 0 Å². The second-order valence-electron chi connectivity index (χ2n) is 4.19. The van der Waals surface area contributed by atoms with E-state index in [0.29, 0.717) is 32.3 Å². The Kier molecular flexibility index (Phi) is 3.38. The first-order chi connectivity index (χ1) is 9.66. The highest BCUT2D eigenvalue weighted by molar-refractivity contribution is 6.39. The smallest absolute Gasteiger partial charge is 0.196 e. The van der Waals surface area contributed by atoms with Crippen molar-refractivity contribution in [1.82, 2.24) is 9.97 Å². The minimum atomic E-state index is -0.167. The number of carbonyl (C=O) groups excluding carboxylic acids is 1. The van der Waals surface area contributed by atoms with Crippen molar-refractivity contribution in [3.63, 3.8) is 0 Å². The van der Waals surface area contributed by atoms with Crippen LogP contribution >= 0.6 is 23.2 Å². The molecule has 0 saturated carbocycles. The van der Waals surface area contributed by atoms with Gasteiger partial charge < -0.3 is 0 Å². The lowest BCUT2D eigenvalue weighted by molar-refractivity contribution is 0.103. The van der Waals surface area contributed by atoms with Crippen LogP contribution in [-0.4, -0.2) is 15.8 Å². The molecule has 0 aliphatic heterocycles. The van der Waals surface area contributed by atoms with E-state index < -0.39 is 0 Å². The molecule has 20 heavy (non-hydrogen) atoms. The van der Waals surface area contributed by atoms with Gasteiger partial charge in [0, 0.05) is 17.1 Å². The molecule has 5 heteroatoms. The summed E-state index contributed by atoms with van der Waals surface area (Å²) < 4.78 is 0. The van der Waals surface area contributed by atoms with E-state index in [9.17, 15) is 4.79 Å². The van der Waals surface area contributed by atoms with E-state index in [1.165, 1.54) is 6.20 Å². The largest absolute Gasteiger partial charge is 0.288 e. The van der Waals surface area contributed by atoms with Gasteiger partial charge in [-0.25, -0.2) is 9.97 Å². The Bertz CT molecular complexity index is 804. The first-order valence-corrected chi connectivity index (χ1v) is 6.63. The highest BCUT2D eigenvalue weighted by Crippen LogP contribution is 2.27. The summed E-state index contributed by atoms with van der Waals surface area (Å²) in [4.78, 5) is 20.6. The number of carbonyl (C=O) groups is 1. The molecule has 0 aliphatic rings. The van der Waals surface area contributed by atoms with E-state index in [1.54, 1.807) is 36.4 Å². The van der Waals surface area contributed by atoms with Gasteiger partial charge in [-0.05, 0) is 12.1 Å². The zero-order valence-electron chi connectivity index (χ0n) is 10.2. The lowest BCUT2D eigenvalue weighted by atomic mass is 10.0. The van der Waals surface area contributed by atoms with Gasteiger partial charge in [0.1, 0.15) is 5.15 Å². The van der Waals surface area contributed by atoms with E-state index in [0.717, 1.165) is 0 Å². The Morgan fingerprint density at radius 3 is 2.50 bits per heavy atom. The SMILES string of the molecule is O=C(c1ccccc1)c1cnc2nc(Cl)ccc2c1Cl. The molecule has 0 radical (unpaired) electrons. The van der Waals surface area contributed by atoms with Crippen LogP contribution in [0, 0.1) is 0 Å². The fourth-order valence-corrected chi connectivity index (χ4v) is 2.35. The van der Waals surface area contributed by atoms with E-state index >= 15 is 0 Å². The van der Waals surface area contributed by atoms with Crippen LogP contribution in [0.4, 0.5) is 0 Å². The second kappa shape index (κ2) is 5.19. The van der Waals surface area contributed by atoms with Crippen molar-refractivity contribution in [1.29, 1.82) is 0 Å². The molecule has 0 bridgehead atoms. The molecule has 0 N–H and O–H groups in total. The highest BCUT2D eigenvalue weighted by Gasteiger charge is 2.16. The average Bonchev–Trinajstić information content (AvgIpc) is 2.48. The Labute approximate surface area is 125 Å². The molecule has 3 rings (SSSR count). The molecule has 0 amide bonds. The summed E-state index contributed by atoms with van der Waals surface area (Å²) in [6.45, 7) is 0. The lowest BCUT2D eigenvalue weighted by Crippen LogP contribution is -2.03. The Hall–Kier alpha value is -1.97. The molecule has 0 saturated heterocycles. The number of rotatable bonds is 2. The molecule has 2 heterocycles. The molecule has 0 atom stereocenters. The number of benzene rings is 1. The molecule has 1 aromatic carbocycles. The van der Waals surface area contributed by atoms with E-state index in [4.69, 9.17) is 23.2 Å². The Morgan fingerprint density at radius 2 is 1.75 bits per heavy atom. The van der Waals surface area contributed by atoms with Crippen molar-refractivity contribution < 1.29 is 4.79 Å². The minimum absolute atomic E-state index is 0.167. The van der Waals surface area contributed by atoms with Crippen molar-refractivity contribution in [2.45, 2.75) is 0 Å². The molecule has 0 aliphatic carbocycles. The van der Waals surface area contributed by atoms with E-state index in [-0.39, 0.29) is 5.78 Å². The third-order valence-corrected chi connectivity index (χ3v) is 3.53. The number of hydrogen-bond acceptors (Lipinski definition) is 3. The van der Waals surface area contributed by atoms with Crippen LogP contribution in [0.1, 0.15) is 15.9 Å². The fourth-order valence-electron chi connectivity index (χ4n) is 1.93. The molecule has 0 unspecified atom stereocenters. The number of pyridine rings is 2. The maximum atomic E-state index is 12.4. The Morgan fingerprint density at radius 1 is 1.00 bits per heavy atom. The molecule has 0 spiro atoms. The number of aromatic nitrogens is 2. The second-order valence-corrected chi connectivity index (χ2v) is 4.95. The summed E-state index contributed by atoms with van der Waals surface area (Å²) in [7, 11) is 0. The third-order valence-electron chi connectivity index (χ3n) is 2.91. The standard InChI is InChI=1S/C15H8Cl2N2O/c16-12-7-6-10-13(17)11(8-18-15(10)19-12)14(20)9-4-2-1-3-5-9/h1-8H. The molecule has 0 fully saturated rings. The lowest BCUT2D eigenvalue weighted by Gasteiger charge is -2.06. The van der Waals surface area contributed by atoms with Gasteiger partial charge in [0.05, 0.1) is 10.6 Å². The summed E-state index contributed by atoms with van der Waals surface area (Å²) >= 11 is 12.1. The fraction of sp³-hybridized carbons (Fsp3) is 0. The monoisotopic (exact) mass is 302 g/mol. The van der Waals surface area contributed by atoms with Crippen LogP contribution in [0.3, 0.4) is 0 Å². The van der Waals surface area contributed by atoms with Crippen molar-refractivity contribution >= 4 is 40.0 Å². The number of nitrogens with zero attached hydrogens (tertiary/aromatic N) is 2. The highest BCUT2D eigenvalue weighted by atomic mass is 35.5. The maximum absolute atomic E-state index is 12.4. The molecule has 2 aromatic heterocycles. The first kappa shape index (κ1) is 13.0. The van der Waals surface area contributed by atoms with Crippen LogP contribution in [0.15, 0.2) is 48.7 Å².